The van der Waals surface area contributed by atoms with Crippen molar-refractivity contribution >= 4 is 5.97 Å². The molecule has 0 aromatic heterocycles. The number of aliphatic hydroxyl groups is 1. The third-order valence-electron chi connectivity index (χ3n) is 1.74. The second-order valence-electron chi connectivity index (χ2n) is 2.82. The van der Waals surface area contributed by atoms with E-state index in [1.807, 2.05) is 0 Å². The van der Waals surface area contributed by atoms with Crippen LogP contribution in [0.3, 0.4) is 0 Å². The van der Waals surface area contributed by atoms with Crippen LogP contribution in [0.15, 0.2) is 12.2 Å². The molecule has 0 rings (SSSR count). The number of carbonyl (C=O) groups excluding carboxylic acids is 1. The average molecular weight is 172 g/mol. The molecule has 0 fully saturated rings. The molecular formula is C9H16O3. The minimum absolute atomic E-state index is 0.301. The van der Waals surface area contributed by atoms with Crippen LogP contribution in [0, 0.1) is 0 Å². The third kappa shape index (κ3) is 3.05. The Morgan fingerprint density at radius 3 is 2.17 bits per heavy atom. The topological polar surface area (TPSA) is 46.5 Å². The van der Waals surface area contributed by atoms with Crippen LogP contribution in [0.5, 0.6) is 0 Å². The maximum atomic E-state index is 11.0. The molecule has 70 valence electrons. The van der Waals surface area contributed by atoms with Gasteiger partial charge in [0.15, 0.2) is 0 Å². The van der Waals surface area contributed by atoms with Gasteiger partial charge in [-0.1, -0.05) is 20.4 Å². The van der Waals surface area contributed by atoms with Crippen molar-refractivity contribution in [2.75, 3.05) is 0 Å². The largest absolute Gasteiger partial charge is 0.430 e. The molecule has 0 aromatic carbocycles. The van der Waals surface area contributed by atoms with Gasteiger partial charge in [0.05, 0.1) is 0 Å². The van der Waals surface area contributed by atoms with Crippen LogP contribution in [0.25, 0.3) is 0 Å². The number of ether oxygens (including phenoxy) is 1. The number of hydrogen-bond acceptors (Lipinski definition) is 3. The number of esters is 1. The van der Waals surface area contributed by atoms with Gasteiger partial charge in [-0.25, -0.2) is 4.79 Å². The highest BCUT2D eigenvalue weighted by molar-refractivity contribution is 5.87. The lowest BCUT2D eigenvalue weighted by molar-refractivity contribution is -0.207. The Bertz CT molecular complexity index is 180. The summed E-state index contributed by atoms with van der Waals surface area (Å²) in [5, 5.41) is 9.56. The summed E-state index contributed by atoms with van der Waals surface area (Å²) in [5.41, 5.74) is 0.301. The van der Waals surface area contributed by atoms with Crippen molar-refractivity contribution in [1.82, 2.24) is 0 Å². The smallest absolute Gasteiger partial charge is 0.335 e. The summed E-state index contributed by atoms with van der Waals surface area (Å²) >= 11 is 0. The number of rotatable bonds is 4. The zero-order valence-electron chi connectivity index (χ0n) is 7.89. The summed E-state index contributed by atoms with van der Waals surface area (Å²) in [7, 11) is 0. The lowest BCUT2D eigenvalue weighted by Crippen LogP contribution is -2.33. The fraction of sp³-hybridized carbons (Fsp3) is 0.667. The van der Waals surface area contributed by atoms with Crippen molar-refractivity contribution in [3.05, 3.63) is 12.2 Å². The molecule has 3 nitrogen and oxygen atoms in total. The minimum Gasteiger partial charge on any atom is -0.430 e. The zero-order chi connectivity index (χ0) is 9.78. The molecular weight excluding hydrogens is 156 g/mol. The first-order chi connectivity index (χ1) is 5.45. The highest BCUT2D eigenvalue weighted by atomic mass is 16.7. The summed E-state index contributed by atoms with van der Waals surface area (Å²) in [6.07, 6.45) is 0.783. The van der Waals surface area contributed by atoms with Gasteiger partial charge in [-0.15, -0.1) is 0 Å². The van der Waals surface area contributed by atoms with Crippen LogP contribution in [0.1, 0.15) is 33.6 Å². The van der Waals surface area contributed by atoms with Gasteiger partial charge in [0.25, 0.3) is 0 Å². The summed E-state index contributed by atoms with van der Waals surface area (Å²) in [6, 6.07) is 0. The molecule has 0 aromatic rings. The zero-order valence-corrected chi connectivity index (χ0v) is 7.89. The lowest BCUT2D eigenvalue weighted by atomic mass is 10.1. The maximum absolute atomic E-state index is 11.0. The Morgan fingerprint density at radius 1 is 1.50 bits per heavy atom. The Labute approximate surface area is 73.0 Å². The molecule has 0 saturated heterocycles. The van der Waals surface area contributed by atoms with Crippen LogP contribution in [0.2, 0.25) is 0 Å². The molecule has 1 N–H and O–H groups in total. The van der Waals surface area contributed by atoms with E-state index in [-0.39, 0.29) is 0 Å². The third-order valence-corrected chi connectivity index (χ3v) is 1.74. The van der Waals surface area contributed by atoms with Crippen molar-refractivity contribution in [1.29, 1.82) is 0 Å². The Balaban J connectivity index is 4.21. The molecule has 0 radical (unpaired) electrons. The van der Waals surface area contributed by atoms with E-state index in [9.17, 15) is 9.90 Å². The minimum atomic E-state index is -1.32. The van der Waals surface area contributed by atoms with E-state index >= 15 is 0 Å². The van der Waals surface area contributed by atoms with E-state index in [2.05, 4.69) is 6.58 Å². The number of hydrogen-bond donors (Lipinski definition) is 1. The Morgan fingerprint density at radius 2 is 1.92 bits per heavy atom. The van der Waals surface area contributed by atoms with Gasteiger partial charge >= 0.3 is 5.97 Å². The predicted octanol–water partition coefficient (Wildman–Crippen LogP) is 1.61. The molecule has 0 bridgehead atoms. The molecule has 0 aliphatic rings. The first kappa shape index (κ1) is 11.2. The summed E-state index contributed by atoms with van der Waals surface area (Å²) in [6.45, 7) is 8.49. The molecule has 0 saturated carbocycles. The Kier molecular flexibility index (Phi) is 3.96. The molecule has 0 atom stereocenters. The van der Waals surface area contributed by atoms with Crippen molar-refractivity contribution in [2.24, 2.45) is 0 Å². The summed E-state index contributed by atoms with van der Waals surface area (Å²) < 4.78 is 4.81. The molecule has 3 heteroatoms. The standard InChI is InChI=1S/C9H16O3/c1-5-9(11,6-2)12-8(10)7(3)4/h11H,3,5-6H2,1-2,4H3. The molecule has 12 heavy (non-hydrogen) atoms. The van der Waals surface area contributed by atoms with Crippen molar-refractivity contribution in [2.45, 2.75) is 39.4 Å². The second kappa shape index (κ2) is 4.26. The quantitative estimate of drug-likeness (QED) is 0.398. The van der Waals surface area contributed by atoms with E-state index < -0.39 is 11.8 Å². The van der Waals surface area contributed by atoms with Crippen molar-refractivity contribution in [3.63, 3.8) is 0 Å². The predicted molar refractivity (Wildman–Crippen MR) is 46.4 cm³/mol. The van der Waals surface area contributed by atoms with E-state index in [0.29, 0.717) is 18.4 Å². The van der Waals surface area contributed by atoms with E-state index in [4.69, 9.17) is 4.74 Å². The molecule has 0 unspecified atom stereocenters. The van der Waals surface area contributed by atoms with Gasteiger partial charge in [-0.2, -0.15) is 0 Å². The monoisotopic (exact) mass is 172 g/mol. The van der Waals surface area contributed by atoms with Crippen LogP contribution in [-0.4, -0.2) is 16.9 Å². The molecule has 0 aliphatic heterocycles. The fourth-order valence-electron chi connectivity index (χ4n) is 0.654. The van der Waals surface area contributed by atoms with Crippen molar-refractivity contribution < 1.29 is 14.6 Å². The normalized spacial score (nSPS) is 11.0. The van der Waals surface area contributed by atoms with Crippen LogP contribution in [0.4, 0.5) is 0 Å². The fourth-order valence-corrected chi connectivity index (χ4v) is 0.654. The van der Waals surface area contributed by atoms with Gasteiger partial charge in [-0.05, 0) is 6.92 Å². The highest BCUT2D eigenvalue weighted by Gasteiger charge is 2.26. The van der Waals surface area contributed by atoms with Gasteiger partial charge in [0, 0.05) is 18.4 Å². The van der Waals surface area contributed by atoms with Gasteiger partial charge in [0.1, 0.15) is 0 Å². The first-order valence-electron chi connectivity index (χ1n) is 4.06. The second-order valence-corrected chi connectivity index (χ2v) is 2.82. The van der Waals surface area contributed by atoms with E-state index in [0.717, 1.165) is 0 Å². The highest BCUT2D eigenvalue weighted by Crippen LogP contribution is 2.17. The summed E-state index contributed by atoms with van der Waals surface area (Å²) in [5.74, 6) is -1.86. The summed E-state index contributed by atoms with van der Waals surface area (Å²) in [4.78, 5) is 11.0. The maximum Gasteiger partial charge on any atom is 0.335 e. The molecule has 0 heterocycles. The molecule has 0 spiro atoms. The first-order valence-corrected chi connectivity index (χ1v) is 4.06. The molecule has 0 amide bonds. The lowest BCUT2D eigenvalue weighted by Gasteiger charge is -2.24. The van der Waals surface area contributed by atoms with Crippen molar-refractivity contribution in [3.8, 4) is 0 Å². The average Bonchev–Trinajstić information content (AvgIpc) is 2.04. The molecule has 0 aliphatic carbocycles. The Hall–Kier alpha value is -0.830. The van der Waals surface area contributed by atoms with Crippen LogP contribution < -0.4 is 0 Å². The van der Waals surface area contributed by atoms with Crippen LogP contribution in [-0.2, 0) is 9.53 Å². The van der Waals surface area contributed by atoms with Crippen LogP contribution >= 0.6 is 0 Å². The number of carbonyl (C=O) groups is 1. The van der Waals surface area contributed by atoms with Gasteiger partial charge < -0.3 is 9.84 Å². The van der Waals surface area contributed by atoms with E-state index in [1.165, 1.54) is 0 Å². The van der Waals surface area contributed by atoms with Gasteiger partial charge in [0.2, 0.25) is 5.79 Å². The van der Waals surface area contributed by atoms with E-state index in [1.54, 1.807) is 20.8 Å². The SMILES string of the molecule is C=C(C)C(=O)OC(O)(CC)CC. The van der Waals surface area contributed by atoms with Gasteiger partial charge in [-0.3, -0.25) is 0 Å².